The molecule has 0 N–H and O–H groups in total. The van der Waals surface area contributed by atoms with Crippen molar-refractivity contribution in [2.45, 2.75) is 52.2 Å². The number of aryl methyl sites for hydroxylation is 1. The van der Waals surface area contributed by atoms with E-state index in [9.17, 15) is 0 Å². The maximum atomic E-state index is 6.13. The molecule has 0 aliphatic carbocycles. The number of aromatic nitrogens is 2. The van der Waals surface area contributed by atoms with Crippen LogP contribution in [0.2, 0.25) is 0 Å². The summed E-state index contributed by atoms with van der Waals surface area (Å²) >= 11 is 0. The van der Waals surface area contributed by atoms with Crippen LogP contribution in [0.15, 0.2) is 42.1 Å². The van der Waals surface area contributed by atoms with E-state index in [0.717, 1.165) is 24.2 Å². The fourth-order valence-electron chi connectivity index (χ4n) is 2.57. The van der Waals surface area contributed by atoms with Crippen molar-refractivity contribution < 1.29 is 9.57 Å². The molecule has 5 heteroatoms. The molecule has 122 valence electrons. The van der Waals surface area contributed by atoms with Gasteiger partial charge in [-0.25, -0.2) is 4.98 Å². The third-order valence-corrected chi connectivity index (χ3v) is 3.81. The van der Waals surface area contributed by atoms with Crippen LogP contribution in [0.4, 0.5) is 0 Å². The number of hydrogen-bond acceptors (Lipinski definition) is 4. The summed E-state index contributed by atoms with van der Waals surface area (Å²) in [6.07, 6.45) is 7.37. The van der Waals surface area contributed by atoms with Crippen LogP contribution in [-0.2, 0) is 11.3 Å². The summed E-state index contributed by atoms with van der Waals surface area (Å²) in [4.78, 5) is 9.57. The first-order valence-electron chi connectivity index (χ1n) is 7.99. The number of hydrogen-bond donors (Lipinski definition) is 0. The fraction of sp³-hybridized carbons (Fsp3) is 0.444. The molecule has 0 saturated carbocycles. The van der Waals surface area contributed by atoms with Crippen molar-refractivity contribution >= 4 is 5.84 Å². The summed E-state index contributed by atoms with van der Waals surface area (Å²) in [7, 11) is 0. The van der Waals surface area contributed by atoms with Gasteiger partial charge in [0.2, 0.25) is 0 Å². The average Bonchev–Trinajstić information content (AvgIpc) is 3.00. The molecule has 5 nitrogen and oxygen atoms in total. The molecular formula is C18H23N3O2. The quantitative estimate of drug-likeness (QED) is 0.494. The Morgan fingerprint density at radius 1 is 1.39 bits per heavy atom. The van der Waals surface area contributed by atoms with Gasteiger partial charge in [0.15, 0.2) is 5.84 Å². The van der Waals surface area contributed by atoms with Gasteiger partial charge < -0.3 is 9.57 Å². The summed E-state index contributed by atoms with van der Waals surface area (Å²) in [5.41, 5.74) is 2.05. The summed E-state index contributed by atoms with van der Waals surface area (Å²) in [6, 6.07) is 6.21. The molecule has 0 atom stereocenters. The fourth-order valence-corrected chi connectivity index (χ4v) is 2.57. The van der Waals surface area contributed by atoms with Crippen LogP contribution in [0.3, 0.4) is 0 Å². The van der Waals surface area contributed by atoms with Crippen LogP contribution in [0, 0.1) is 0 Å². The van der Waals surface area contributed by atoms with Gasteiger partial charge in [-0.2, -0.15) is 0 Å². The van der Waals surface area contributed by atoms with Crippen LogP contribution in [-0.4, -0.2) is 27.1 Å². The minimum Gasteiger partial charge on any atom is -0.488 e. The Balaban J connectivity index is 1.99. The zero-order chi connectivity index (χ0) is 16.4. The van der Waals surface area contributed by atoms with E-state index in [4.69, 9.17) is 9.57 Å². The van der Waals surface area contributed by atoms with Crippen LogP contribution < -0.4 is 4.74 Å². The number of fused-ring (bicyclic) bond motifs is 1. The Labute approximate surface area is 136 Å². The second-order valence-corrected chi connectivity index (χ2v) is 6.72. The van der Waals surface area contributed by atoms with Crippen LogP contribution >= 0.6 is 0 Å². The van der Waals surface area contributed by atoms with E-state index in [1.54, 1.807) is 12.5 Å². The standard InChI is InChI=1S/C18H23N3O2/c1-13(2)23-20-17(21-10-9-19-12-21)15-6-5-14-7-8-18(3,4)22-16(14)11-15/h5-6,9-13H,7-8H2,1-4H3/b20-17-. The second kappa shape index (κ2) is 6.07. The van der Waals surface area contributed by atoms with Crippen LogP contribution in [0.25, 0.3) is 0 Å². The third kappa shape index (κ3) is 3.55. The molecule has 0 radical (unpaired) electrons. The van der Waals surface area contributed by atoms with E-state index in [-0.39, 0.29) is 11.7 Å². The number of imidazole rings is 1. The Kier molecular flexibility index (Phi) is 4.11. The Morgan fingerprint density at radius 3 is 2.91 bits per heavy atom. The van der Waals surface area contributed by atoms with E-state index in [1.165, 1.54) is 5.56 Å². The topological polar surface area (TPSA) is 48.6 Å². The molecule has 1 aliphatic heterocycles. The van der Waals surface area contributed by atoms with E-state index >= 15 is 0 Å². The molecule has 2 heterocycles. The summed E-state index contributed by atoms with van der Waals surface area (Å²) in [6.45, 7) is 8.14. The number of oxime groups is 1. The molecule has 2 aromatic rings. The smallest absolute Gasteiger partial charge is 0.184 e. The minimum atomic E-state index is -0.133. The highest BCUT2D eigenvalue weighted by molar-refractivity contribution is 6.00. The minimum absolute atomic E-state index is 0.0151. The average molecular weight is 313 g/mol. The largest absolute Gasteiger partial charge is 0.488 e. The molecule has 23 heavy (non-hydrogen) atoms. The van der Waals surface area contributed by atoms with Crippen molar-refractivity contribution in [1.29, 1.82) is 0 Å². The summed E-state index contributed by atoms with van der Waals surface area (Å²) < 4.78 is 7.98. The molecular weight excluding hydrogens is 290 g/mol. The molecule has 1 aliphatic rings. The predicted molar refractivity (Wildman–Crippen MR) is 89.9 cm³/mol. The maximum absolute atomic E-state index is 6.13. The predicted octanol–water partition coefficient (Wildman–Crippen LogP) is 3.62. The van der Waals surface area contributed by atoms with Gasteiger partial charge in [-0.1, -0.05) is 17.3 Å². The molecule has 0 fully saturated rings. The lowest BCUT2D eigenvalue weighted by atomic mass is 9.93. The Morgan fingerprint density at radius 2 is 2.22 bits per heavy atom. The molecule has 0 unspecified atom stereocenters. The van der Waals surface area contributed by atoms with Gasteiger partial charge in [-0.3, -0.25) is 4.57 Å². The number of rotatable bonds is 3. The van der Waals surface area contributed by atoms with E-state index in [0.29, 0.717) is 5.84 Å². The van der Waals surface area contributed by atoms with Crippen molar-refractivity contribution in [3.8, 4) is 5.75 Å². The first-order valence-corrected chi connectivity index (χ1v) is 7.99. The van der Waals surface area contributed by atoms with E-state index in [1.807, 2.05) is 30.7 Å². The number of nitrogens with zero attached hydrogens (tertiary/aromatic N) is 3. The molecule has 3 rings (SSSR count). The van der Waals surface area contributed by atoms with Gasteiger partial charge in [0.25, 0.3) is 0 Å². The maximum Gasteiger partial charge on any atom is 0.184 e. The SMILES string of the molecule is CC(C)O/N=C(/c1ccc2c(c1)OC(C)(C)CC2)n1ccnc1. The van der Waals surface area contributed by atoms with E-state index in [2.05, 4.69) is 36.1 Å². The van der Waals surface area contributed by atoms with Gasteiger partial charge in [0, 0.05) is 18.0 Å². The Hall–Kier alpha value is -2.30. The third-order valence-electron chi connectivity index (χ3n) is 3.81. The Bertz CT molecular complexity index is 703. The molecule has 1 aromatic carbocycles. The first-order chi connectivity index (χ1) is 10.9. The van der Waals surface area contributed by atoms with Gasteiger partial charge in [0.05, 0.1) is 0 Å². The van der Waals surface area contributed by atoms with Gasteiger partial charge in [-0.15, -0.1) is 0 Å². The van der Waals surface area contributed by atoms with Gasteiger partial charge >= 0.3 is 0 Å². The highest BCUT2D eigenvalue weighted by atomic mass is 16.6. The summed E-state index contributed by atoms with van der Waals surface area (Å²) in [5, 5.41) is 4.31. The monoisotopic (exact) mass is 313 g/mol. The molecule has 0 bridgehead atoms. The van der Waals surface area contributed by atoms with Crippen LogP contribution in [0.1, 0.15) is 45.2 Å². The first kappa shape index (κ1) is 15.6. The van der Waals surface area contributed by atoms with Crippen molar-refractivity contribution in [1.82, 2.24) is 9.55 Å². The van der Waals surface area contributed by atoms with Crippen molar-refractivity contribution in [3.63, 3.8) is 0 Å². The van der Waals surface area contributed by atoms with Crippen molar-refractivity contribution in [2.75, 3.05) is 0 Å². The lowest BCUT2D eigenvalue weighted by Crippen LogP contribution is -2.32. The van der Waals surface area contributed by atoms with Gasteiger partial charge in [-0.05, 0) is 52.2 Å². The second-order valence-electron chi connectivity index (χ2n) is 6.72. The molecule has 0 spiro atoms. The highest BCUT2D eigenvalue weighted by Gasteiger charge is 2.27. The zero-order valence-electron chi connectivity index (χ0n) is 14.1. The zero-order valence-corrected chi connectivity index (χ0v) is 14.1. The van der Waals surface area contributed by atoms with Crippen LogP contribution in [0.5, 0.6) is 5.75 Å². The molecule has 0 amide bonds. The highest BCUT2D eigenvalue weighted by Crippen LogP contribution is 2.33. The van der Waals surface area contributed by atoms with Gasteiger partial charge in [0.1, 0.15) is 23.8 Å². The molecule has 1 aromatic heterocycles. The van der Waals surface area contributed by atoms with E-state index < -0.39 is 0 Å². The normalized spacial score (nSPS) is 16.8. The lowest BCUT2D eigenvalue weighted by Gasteiger charge is -2.32. The molecule has 0 saturated heterocycles. The van der Waals surface area contributed by atoms with Crippen molar-refractivity contribution in [3.05, 3.63) is 48.0 Å². The summed E-state index contributed by atoms with van der Waals surface area (Å²) in [5.74, 6) is 1.63. The number of benzene rings is 1. The van der Waals surface area contributed by atoms with Crippen molar-refractivity contribution in [2.24, 2.45) is 5.16 Å². The lowest BCUT2D eigenvalue weighted by molar-refractivity contribution is 0.0841. The number of ether oxygens (including phenoxy) is 1.